The summed E-state index contributed by atoms with van der Waals surface area (Å²) in [6, 6.07) is 3.02. The summed E-state index contributed by atoms with van der Waals surface area (Å²) in [6.45, 7) is 1.53. The molecule has 0 atom stereocenters. The Bertz CT molecular complexity index is 851. The number of nitrogens with one attached hydrogen (secondary N) is 1. The fraction of sp³-hybridized carbons (Fsp3) is 0.154. The molecular formula is C13H11F4N3O2S. The minimum absolute atomic E-state index is 0.130. The number of nitrogen functional groups attached to an aromatic ring is 1. The summed E-state index contributed by atoms with van der Waals surface area (Å²) in [5.74, 6) is -1.37. The number of benzene rings is 1. The third kappa shape index (κ3) is 3.70. The number of pyridine rings is 1. The van der Waals surface area contributed by atoms with Crippen molar-refractivity contribution in [3.63, 3.8) is 0 Å². The molecule has 0 aliphatic rings. The van der Waals surface area contributed by atoms with Crippen LogP contribution in [-0.2, 0) is 16.2 Å². The zero-order valence-corrected chi connectivity index (χ0v) is 12.5. The number of nitrogens with two attached hydrogens (primary N) is 1. The molecule has 5 nitrogen and oxygen atoms in total. The molecule has 0 bridgehead atoms. The maximum Gasteiger partial charge on any atom is 0.419 e. The molecule has 0 saturated heterocycles. The number of rotatable bonds is 3. The SMILES string of the molecule is Cc1cc(S(=O)(=O)Nc2ccc(F)c(C(F)(F)F)c2)cnc1N. The highest BCUT2D eigenvalue weighted by Gasteiger charge is 2.34. The van der Waals surface area contributed by atoms with Crippen LogP contribution in [0.1, 0.15) is 11.1 Å². The maximum atomic E-state index is 13.2. The fourth-order valence-electron chi connectivity index (χ4n) is 1.73. The van der Waals surface area contributed by atoms with Crippen molar-refractivity contribution in [3.8, 4) is 0 Å². The summed E-state index contributed by atoms with van der Waals surface area (Å²) in [7, 11) is -4.19. The van der Waals surface area contributed by atoms with Crippen molar-refractivity contribution < 1.29 is 26.0 Å². The lowest BCUT2D eigenvalue weighted by Gasteiger charge is -2.12. The second-order valence-electron chi connectivity index (χ2n) is 4.67. The van der Waals surface area contributed by atoms with Gasteiger partial charge in [0.1, 0.15) is 16.5 Å². The smallest absolute Gasteiger partial charge is 0.383 e. The summed E-state index contributed by atoms with van der Waals surface area (Å²) in [5.41, 5.74) is 3.88. The van der Waals surface area contributed by atoms with Crippen LogP contribution in [0.3, 0.4) is 0 Å². The molecule has 124 valence electrons. The fourth-order valence-corrected chi connectivity index (χ4v) is 2.81. The van der Waals surface area contributed by atoms with Crippen LogP contribution in [-0.4, -0.2) is 13.4 Å². The van der Waals surface area contributed by atoms with E-state index in [2.05, 4.69) is 4.98 Å². The summed E-state index contributed by atoms with van der Waals surface area (Å²) in [6.07, 6.45) is -3.97. The van der Waals surface area contributed by atoms with E-state index in [0.717, 1.165) is 12.3 Å². The van der Waals surface area contributed by atoms with Crippen molar-refractivity contribution in [2.75, 3.05) is 10.5 Å². The summed E-state index contributed by atoms with van der Waals surface area (Å²) in [4.78, 5) is 3.40. The predicted molar refractivity (Wildman–Crippen MR) is 75.6 cm³/mol. The van der Waals surface area contributed by atoms with Gasteiger partial charge >= 0.3 is 6.18 Å². The van der Waals surface area contributed by atoms with Gasteiger partial charge < -0.3 is 5.73 Å². The first kappa shape index (κ1) is 17.0. The molecule has 0 amide bonds. The molecule has 0 aliphatic heterocycles. The zero-order chi connectivity index (χ0) is 17.4. The van der Waals surface area contributed by atoms with Gasteiger partial charge in [-0.05, 0) is 36.8 Å². The van der Waals surface area contributed by atoms with E-state index < -0.39 is 33.3 Å². The Hall–Kier alpha value is -2.36. The monoisotopic (exact) mass is 349 g/mol. The maximum absolute atomic E-state index is 13.2. The van der Waals surface area contributed by atoms with Gasteiger partial charge in [-0.15, -0.1) is 0 Å². The van der Waals surface area contributed by atoms with Crippen molar-refractivity contribution in [3.05, 3.63) is 47.4 Å². The number of aromatic nitrogens is 1. The second-order valence-corrected chi connectivity index (χ2v) is 6.35. The third-order valence-corrected chi connectivity index (χ3v) is 4.28. The first-order valence-electron chi connectivity index (χ1n) is 6.12. The normalized spacial score (nSPS) is 12.2. The second kappa shape index (κ2) is 5.69. The number of aryl methyl sites for hydroxylation is 1. The van der Waals surface area contributed by atoms with Crippen molar-refractivity contribution in [1.82, 2.24) is 4.98 Å². The van der Waals surface area contributed by atoms with E-state index in [1.165, 1.54) is 13.0 Å². The molecule has 1 aromatic heterocycles. The van der Waals surface area contributed by atoms with Crippen molar-refractivity contribution >= 4 is 21.5 Å². The molecule has 0 unspecified atom stereocenters. The van der Waals surface area contributed by atoms with Gasteiger partial charge in [0.25, 0.3) is 10.0 Å². The standard InChI is InChI=1S/C13H11F4N3O2S/c1-7-4-9(6-19-12(7)18)23(21,22)20-8-2-3-11(14)10(5-8)13(15,16)17/h2-6,20H,1H3,(H2,18,19). The lowest BCUT2D eigenvalue weighted by molar-refractivity contribution is -0.139. The Kier molecular flexibility index (Phi) is 4.20. The van der Waals surface area contributed by atoms with Crippen LogP contribution < -0.4 is 10.5 Å². The summed E-state index contributed by atoms with van der Waals surface area (Å²) >= 11 is 0. The zero-order valence-electron chi connectivity index (χ0n) is 11.6. The molecule has 23 heavy (non-hydrogen) atoms. The molecule has 10 heteroatoms. The van der Waals surface area contributed by atoms with E-state index in [-0.39, 0.29) is 10.7 Å². The molecule has 3 N–H and O–H groups in total. The molecular weight excluding hydrogens is 338 g/mol. The minimum atomic E-state index is -4.94. The number of hydrogen-bond acceptors (Lipinski definition) is 4. The van der Waals surface area contributed by atoms with Gasteiger partial charge in [0, 0.05) is 11.9 Å². The van der Waals surface area contributed by atoms with Crippen molar-refractivity contribution in [2.24, 2.45) is 0 Å². The van der Waals surface area contributed by atoms with Gasteiger partial charge in [0.05, 0.1) is 5.56 Å². The average Bonchev–Trinajstić information content (AvgIpc) is 2.42. The van der Waals surface area contributed by atoms with Crippen LogP contribution >= 0.6 is 0 Å². The topological polar surface area (TPSA) is 85.1 Å². The Morgan fingerprint density at radius 1 is 1.22 bits per heavy atom. The molecule has 0 fully saturated rings. The van der Waals surface area contributed by atoms with E-state index in [1.807, 2.05) is 4.72 Å². The largest absolute Gasteiger partial charge is 0.419 e. The number of anilines is 2. The number of hydrogen-bond donors (Lipinski definition) is 2. The Labute approximate surface area is 129 Å². The van der Waals surface area contributed by atoms with Crippen molar-refractivity contribution in [1.29, 1.82) is 0 Å². The van der Waals surface area contributed by atoms with Crippen LogP contribution in [0, 0.1) is 12.7 Å². The Morgan fingerprint density at radius 3 is 2.43 bits per heavy atom. The number of halogens is 4. The van der Waals surface area contributed by atoms with Gasteiger partial charge in [-0.3, -0.25) is 4.72 Å². The van der Waals surface area contributed by atoms with E-state index in [0.29, 0.717) is 17.7 Å². The van der Waals surface area contributed by atoms with Gasteiger partial charge in [0.15, 0.2) is 0 Å². The molecule has 0 spiro atoms. The van der Waals surface area contributed by atoms with Gasteiger partial charge in [-0.25, -0.2) is 17.8 Å². The number of alkyl halides is 3. The third-order valence-electron chi connectivity index (χ3n) is 2.93. The summed E-state index contributed by atoms with van der Waals surface area (Å²) < 4.78 is 77.4. The van der Waals surface area contributed by atoms with Crippen LogP contribution in [0.25, 0.3) is 0 Å². The average molecular weight is 349 g/mol. The summed E-state index contributed by atoms with van der Waals surface area (Å²) in [5, 5.41) is 0. The highest BCUT2D eigenvalue weighted by atomic mass is 32.2. The molecule has 1 aromatic carbocycles. The molecule has 1 heterocycles. The highest BCUT2D eigenvalue weighted by molar-refractivity contribution is 7.92. The van der Waals surface area contributed by atoms with E-state index in [9.17, 15) is 26.0 Å². The number of sulfonamides is 1. The van der Waals surface area contributed by atoms with Gasteiger partial charge in [0.2, 0.25) is 0 Å². The van der Waals surface area contributed by atoms with Crippen LogP contribution in [0.2, 0.25) is 0 Å². The van der Waals surface area contributed by atoms with Crippen LogP contribution in [0.15, 0.2) is 35.4 Å². The van der Waals surface area contributed by atoms with Gasteiger partial charge in [-0.1, -0.05) is 0 Å². The first-order chi connectivity index (χ1) is 10.5. The highest BCUT2D eigenvalue weighted by Crippen LogP contribution is 2.33. The van der Waals surface area contributed by atoms with Crippen LogP contribution in [0.5, 0.6) is 0 Å². The van der Waals surface area contributed by atoms with Crippen molar-refractivity contribution in [2.45, 2.75) is 18.0 Å². The van der Waals surface area contributed by atoms with E-state index >= 15 is 0 Å². The quantitative estimate of drug-likeness (QED) is 0.835. The lowest BCUT2D eigenvalue weighted by Crippen LogP contribution is -2.15. The molecule has 0 radical (unpaired) electrons. The molecule has 0 aliphatic carbocycles. The first-order valence-corrected chi connectivity index (χ1v) is 7.61. The Balaban J connectivity index is 2.39. The van der Waals surface area contributed by atoms with E-state index in [1.54, 1.807) is 0 Å². The van der Waals surface area contributed by atoms with E-state index in [4.69, 9.17) is 5.73 Å². The predicted octanol–water partition coefficient (Wildman–Crippen LogP) is 2.93. The minimum Gasteiger partial charge on any atom is -0.383 e. The van der Waals surface area contributed by atoms with Crippen LogP contribution in [0.4, 0.5) is 29.1 Å². The molecule has 2 aromatic rings. The number of nitrogens with zero attached hydrogens (tertiary/aromatic N) is 1. The lowest BCUT2D eigenvalue weighted by atomic mass is 10.2. The Morgan fingerprint density at radius 2 is 1.87 bits per heavy atom. The van der Waals surface area contributed by atoms with Gasteiger partial charge in [-0.2, -0.15) is 13.2 Å². The molecule has 2 rings (SSSR count). The molecule has 0 saturated carbocycles.